The van der Waals surface area contributed by atoms with Crippen molar-refractivity contribution in [1.29, 1.82) is 0 Å². The van der Waals surface area contributed by atoms with Crippen LogP contribution in [0.4, 0.5) is 4.39 Å². The zero-order chi connectivity index (χ0) is 8.10. The van der Waals surface area contributed by atoms with Gasteiger partial charge in [-0.15, -0.1) is 0 Å². The number of benzene rings is 1. The molecule has 0 aliphatic rings. The first-order valence-corrected chi connectivity index (χ1v) is 3.62. The van der Waals surface area contributed by atoms with Crippen LogP contribution in [-0.4, -0.2) is 6.67 Å². The summed E-state index contributed by atoms with van der Waals surface area (Å²) in [5.41, 5.74) is 2.27. The highest BCUT2D eigenvalue weighted by Crippen LogP contribution is 2.08. The van der Waals surface area contributed by atoms with Gasteiger partial charge in [0.05, 0.1) is 0 Å². The zero-order valence-corrected chi connectivity index (χ0v) is 6.55. The van der Waals surface area contributed by atoms with Gasteiger partial charge in [0.25, 0.3) is 0 Å². The fourth-order valence-corrected chi connectivity index (χ4v) is 0.945. The lowest BCUT2D eigenvalue weighted by Gasteiger charge is -1.96. The van der Waals surface area contributed by atoms with Gasteiger partial charge in [-0.3, -0.25) is 0 Å². The third-order valence-electron chi connectivity index (χ3n) is 1.57. The summed E-state index contributed by atoms with van der Waals surface area (Å²) < 4.78 is 11.7. The van der Waals surface area contributed by atoms with Crippen molar-refractivity contribution in [1.82, 2.24) is 0 Å². The molecule has 0 fully saturated rings. The highest BCUT2D eigenvalue weighted by atomic mass is 19.1. The maximum absolute atomic E-state index is 11.7. The van der Waals surface area contributed by atoms with E-state index in [0.717, 1.165) is 5.56 Å². The minimum atomic E-state index is -0.395. The molecule has 0 spiro atoms. The van der Waals surface area contributed by atoms with E-state index in [4.69, 9.17) is 0 Å². The lowest BCUT2D eigenvalue weighted by atomic mass is 10.1. The summed E-state index contributed by atoms with van der Waals surface area (Å²) in [6.07, 6.45) is 3.32. The Morgan fingerprint density at radius 2 is 2.09 bits per heavy atom. The van der Waals surface area contributed by atoms with E-state index in [1.165, 1.54) is 11.6 Å². The maximum atomic E-state index is 11.7. The normalized spacial score (nSPS) is 10.7. The number of aryl methyl sites for hydroxylation is 1. The molecule has 0 heterocycles. The Balaban J connectivity index is 2.86. The number of allylic oxidation sites excluding steroid dienone is 1. The van der Waals surface area contributed by atoms with Crippen molar-refractivity contribution in [3.8, 4) is 0 Å². The Morgan fingerprint density at radius 3 is 2.73 bits per heavy atom. The van der Waals surface area contributed by atoms with Crippen molar-refractivity contribution in [3.05, 3.63) is 41.5 Å². The largest absolute Gasteiger partial charge is 0.247 e. The van der Waals surface area contributed by atoms with E-state index in [9.17, 15) is 4.39 Å². The summed E-state index contributed by atoms with van der Waals surface area (Å²) in [5.74, 6) is 0. The van der Waals surface area contributed by atoms with Crippen LogP contribution in [0.1, 0.15) is 11.1 Å². The Morgan fingerprint density at radius 1 is 1.36 bits per heavy atom. The SMILES string of the molecule is Cc1ccccc1/C=C\CF. The molecular formula is C10H11F. The van der Waals surface area contributed by atoms with Crippen molar-refractivity contribution in [2.24, 2.45) is 0 Å². The standard InChI is InChI=1S/C10H11F/c1-9-5-2-3-6-10(9)7-4-8-11/h2-7H,8H2,1H3/b7-4-. The highest BCUT2D eigenvalue weighted by molar-refractivity contribution is 5.53. The van der Waals surface area contributed by atoms with Gasteiger partial charge in [-0.25, -0.2) is 4.39 Å². The van der Waals surface area contributed by atoms with E-state index in [1.54, 1.807) is 6.08 Å². The molecule has 1 aromatic rings. The molecule has 0 aromatic heterocycles. The van der Waals surface area contributed by atoms with Gasteiger partial charge in [0, 0.05) is 0 Å². The van der Waals surface area contributed by atoms with Gasteiger partial charge in [-0.05, 0) is 18.1 Å². The Labute approximate surface area is 66.4 Å². The summed E-state index contributed by atoms with van der Waals surface area (Å²) in [6, 6.07) is 7.91. The van der Waals surface area contributed by atoms with Crippen LogP contribution in [0.3, 0.4) is 0 Å². The second-order valence-electron chi connectivity index (χ2n) is 2.41. The monoisotopic (exact) mass is 150 g/mol. The average Bonchev–Trinajstić information content (AvgIpc) is 2.03. The van der Waals surface area contributed by atoms with Crippen LogP contribution < -0.4 is 0 Å². The van der Waals surface area contributed by atoms with Gasteiger partial charge in [-0.1, -0.05) is 36.4 Å². The lowest BCUT2D eigenvalue weighted by Crippen LogP contribution is -1.77. The topological polar surface area (TPSA) is 0 Å². The summed E-state index contributed by atoms with van der Waals surface area (Å²) in [4.78, 5) is 0. The molecular weight excluding hydrogens is 139 g/mol. The highest BCUT2D eigenvalue weighted by Gasteiger charge is 1.88. The molecule has 0 bridgehead atoms. The van der Waals surface area contributed by atoms with Crippen LogP contribution >= 0.6 is 0 Å². The van der Waals surface area contributed by atoms with Crippen molar-refractivity contribution in [2.45, 2.75) is 6.92 Å². The third kappa shape index (κ3) is 2.19. The van der Waals surface area contributed by atoms with Crippen LogP contribution in [0.2, 0.25) is 0 Å². The van der Waals surface area contributed by atoms with Crippen molar-refractivity contribution in [2.75, 3.05) is 6.67 Å². The lowest BCUT2D eigenvalue weighted by molar-refractivity contribution is 0.563. The minimum absolute atomic E-state index is 0.395. The maximum Gasteiger partial charge on any atom is 0.108 e. The minimum Gasteiger partial charge on any atom is -0.247 e. The predicted octanol–water partition coefficient (Wildman–Crippen LogP) is 2.98. The number of hydrogen-bond acceptors (Lipinski definition) is 0. The van der Waals surface area contributed by atoms with Gasteiger partial charge in [0.2, 0.25) is 0 Å². The van der Waals surface area contributed by atoms with Gasteiger partial charge in [-0.2, -0.15) is 0 Å². The van der Waals surface area contributed by atoms with Crippen molar-refractivity contribution < 1.29 is 4.39 Å². The van der Waals surface area contributed by atoms with Gasteiger partial charge in [0.1, 0.15) is 6.67 Å². The smallest absolute Gasteiger partial charge is 0.108 e. The molecule has 0 unspecified atom stereocenters. The van der Waals surface area contributed by atoms with E-state index in [0.29, 0.717) is 0 Å². The van der Waals surface area contributed by atoms with E-state index in [2.05, 4.69) is 0 Å². The van der Waals surface area contributed by atoms with E-state index >= 15 is 0 Å². The van der Waals surface area contributed by atoms with Crippen LogP contribution in [0, 0.1) is 6.92 Å². The van der Waals surface area contributed by atoms with Gasteiger partial charge < -0.3 is 0 Å². The Bertz CT molecular complexity index is 251. The molecule has 0 atom stereocenters. The average molecular weight is 150 g/mol. The zero-order valence-electron chi connectivity index (χ0n) is 6.55. The molecule has 0 radical (unpaired) electrons. The molecule has 1 aromatic carbocycles. The Hall–Kier alpha value is -1.11. The molecule has 0 aliphatic carbocycles. The molecule has 0 aliphatic heterocycles. The van der Waals surface area contributed by atoms with E-state index in [-0.39, 0.29) is 0 Å². The molecule has 0 saturated heterocycles. The predicted molar refractivity (Wildman–Crippen MR) is 46.2 cm³/mol. The van der Waals surface area contributed by atoms with Crippen LogP contribution in [0.25, 0.3) is 6.08 Å². The van der Waals surface area contributed by atoms with Crippen molar-refractivity contribution in [3.63, 3.8) is 0 Å². The summed E-state index contributed by atoms with van der Waals surface area (Å²) in [5, 5.41) is 0. The van der Waals surface area contributed by atoms with E-state index < -0.39 is 6.67 Å². The molecule has 0 N–H and O–H groups in total. The Kier molecular flexibility index (Phi) is 2.84. The third-order valence-corrected chi connectivity index (χ3v) is 1.57. The quantitative estimate of drug-likeness (QED) is 0.608. The first kappa shape index (κ1) is 7.99. The number of halogens is 1. The second-order valence-corrected chi connectivity index (χ2v) is 2.41. The molecule has 1 rings (SSSR count). The first-order valence-electron chi connectivity index (χ1n) is 3.62. The summed E-state index contributed by atoms with van der Waals surface area (Å²) in [7, 11) is 0. The number of rotatable bonds is 2. The van der Waals surface area contributed by atoms with E-state index in [1.807, 2.05) is 31.2 Å². The van der Waals surface area contributed by atoms with Gasteiger partial charge >= 0.3 is 0 Å². The number of alkyl halides is 1. The molecule has 0 amide bonds. The molecule has 11 heavy (non-hydrogen) atoms. The molecule has 1 heteroatoms. The van der Waals surface area contributed by atoms with Gasteiger partial charge in [0.15, 0.2) is 0 Å². The van der Waals surface area contributed by atoms with Crippen molar-refractivity contribution >= 4 is 6.08 Å². The molecule has 0 saturated carbocycles. The molecule has 58 valence electrons. The fourth-order valence-electron chi connectivity index (χ4n) is 0.945. The first-order chi connectivity index (χ1) is 5.34. The molecule has 0 nitrogen and oxygen atoms in total. The van der Waals surface area contributed by atoms with Crippen LogP contribution in [0.5, 0.6) is 0 Å². The van der Waals surface area contributed by atoms with Crippen LogP contribution in [0.15, 0.2) is 30.3 Å². The summed E-state index contributed by atoms with van der Waals surface area (Å²) in [6.45, 7) is 1.62. The number of hydrogen-bond donors (Lipinski definition) is 0. The fraction of sp³-hybridized carbons (Fsp3) is 0.200. The second kappa shape index (κ2) is 3.91. The summed E-state index contributed by atoms with van der Waals surface area (Å²) >= 11 is 0. The van der Waals surface area contributed by atoms with Crippen LogP contribution in [-0.2, 0) is 0 Å².